The van der Waals surface area contributed by atoms with Gasteiger partial charge in [-0.3, -0.25) is 9.59 Å². The fraction of sp³-hybridized carbons (Fsp3) is 0.238. The van der Waals surface area contributed by atoms with E-state index in [2.05, 4.69) is 10.6 Å². The van der Waals surface area contributed by atoms with Crippen LogP contribution in [-0.2, 0) is 16.1 Å². The third-order valence-corrected chi connectivity index (χ3v) is 5.28. The monoisotopic (exact) mass is 414 g/mol. The van der Waals surface area contributed by atoms with Crippen molar-refractivity contribution in [2.75, 3.05) is 6.79 Å². The molecule has 29 heavy (non-hydrogen) atoms. The standard InChI is InChI=1S/C21H19ClN2O5/c1-11-20(14(8-19(26)24-11)13-3-4-16(25)15(22)7-13)21(27)23-9-12-2-5-17-18(6-12)29-10-28-17/h2-7,14,25H,8-10H2,1H3,(H,23,27)(H,24,26). The SMILES string of the molecule is CC1=C(C(=O)NCc2ccc3c(c2)OCO3)C(c2ccc(O)c(Cl)c2)CC(=O)N1. The molecular weight excluding hydrogens is 396 g/mol. The van der Waals surface area contributed by atoms with E-state index < -0.39 is 5.92 Å². The second kappa shape index (κ2) is 7.67. The molecule has 0 spiro atoms. The van der Waals surface area contributed by atoms with E-state index in [1.807, 2.05) is 12.1 Å². The molecule has 0 bridgehead atoms. The molecule has 0 fully saturated rings. The van der Waals surface area contributed by atoms with Gasteiger partial charge in [0.05, 0.1) is 5.02 Å². The van der Waals surface area contributed by atoms with Crippen LogP contribution in [0.2, 0.25) is 5.02 Å². The normalized spacial score (nSPS) is 17.9. The number of phenolic OH excluding ortho intramolecular Hbond substituents is 1. The van der Waals surface area contributed by atoms with Crippen molar-refractivity contribution in [2.24, 2.45) is 0 Å². The van der Waals surface area contributed by atoms with Gasteiger partial charge >= 0.3 is 0 Å². The van der Waals surface area contributed by atoms with E-state index in [1.54, 1.807) is 25.1 Å². The second-order valence-corrected chi connectivity index (χ2v) is 7.33. The number of benzene rings is 2. The maximum atomic E-state index is 13.0. The summed E-state index contributed by atoms with van der Waals surface area (Å²) in [4.78, 5) is 25.1. The van der Waals surface area contributed by atoms with Crippen LogP contribution in [0.1, 0.15) is 30.4 Å². The highest BCUT2D eigenvalue weighted by atomic mass is 35.5. The first-order valence-corrected chi connectivity index (χ1v) is 9.46. The van der Waals surface area contributed by atoms with E-state index in [-0.39, 0.29) is 35.8 Å². The Morgan fingerprint density at radius 1 is 1.24 bits per heavy atom. The van der Waals surface area contributed by atoms with Crippen LogP contribution in [0.3, 0.4) is 0 Å². The van der Waals surface area contributed by atoms with Crippen molar-refractivity contribution in [2.45, 2.75) is 25.8 Å². The lowest BCUT2D eigenvalue weighted by atomic mass is 9.84. The summed E-state index contributed by atoms with van der Waals surface area (Å²) in [7, 11) is 0. The summed E-state index contributed by atoms with van der Waals surface area (Å²) in [6.45, 7) is 2.18. The number of carbonyl (C=O) groups excluding carboxylic acids is 2. The predicted octanol–water partition coefficient (Wildman–Crippen LogP) is 2.97. The number of rotatable bonds is 4. The van der Waals surface area contributed by atoms with E-state index in [1.165, 1.54) is 6.07 Å². The number of hydrogen-bond donors (Lipinski definition) is 3. The minimum Gasteiger partial charge on any atom is -0.506 e. The van der Waals surface area contributed by atoms with Crippen LogP contribution in [0.15, 0.2) is 47.7 Å². The van der Waals surface area contributed by atoms with Crippen LogP contribution in [0, 0.1) is 0 Å². The van der Waals surface area contributed by atoms with Gasteiger partial charge in [0, 0.05) is 30.2 Å². The van der Waals surface area contributed by atoms with Gasteiger partial charge in [0.1, 0.15) is 5.75 Å². The lowest BCUT2D eigenvalue weighted by Crippen LogP contribution is -2.37. The Labute approximate surface area is 172 Å². The maximum Gasteiger partial charge on any atom is 0.249 e. The molecule has 2 heterocycles. The van der Waals surface area contributed by atoms with Crippen molar-refractivity contribution in [3.8, 4) is 17.2 Å². The summed E-state index contributed by atoms with van der Waals surface area (Å²) < 4.78 is 10.7. The molecule has 2 aliphatic rings. The van der Waals surface area contributed by atoms with Gasteiger partial charge in [-0.25, -0.2) is 0 Å². The van der Waals surface area contributed by atoms with E-state index in [0.29, 0.717) is 34.9 Å². The Kier molecular flexibility index (Phi) is 5.07. The maximum absolute atomic E-state index is 13.0. The number of halogens is 1. The number of carbonyl (C=O) groups is 2. The predicted molar refractivity (Wildman–Crippen MR) is 106 cm³/mol. The van der Waals surface area contributed by atoms with Crippen molar-refractivity contribution in [3.05, 3.63) is 63.8 Å². The van der Waals surface area contributed by atoms with Gasteiger partial charge in [0.25, 0.3) is 0 Å². The zero-order valence-corrected chi connectivity index (χ0v) is 16.4. The second-order valence-electron chi connectivity index (χ2n) is 6.92. The number of phenols is 1. The highest BCUT2D eigenvalue weighted by Crippen LogP contribution is 2.36. The van der Waals surface area contributed by atoms with Gasteiger partial charge in [-0.05, 0) is 42.3 Å². The molecule has 7 nitrogen and oxygen atoms in total. The molecule has 0 aromatic heterocycles. The van der Waals surface area contributed by atoms with E-state index in [4.69, 9.17) is 21.1 Å². The number of nitrogens with one attached hydrogen (secondary N) is 2. The molecule has 8 heteroatoms. The molecule has 2 aromatic carbocycles. The van der Waals surface area contributed by atoms with Crippen molar-refractivity contribution in [1.29, 1.82) is 0 Å². The zero-order chi connectivity index (χ0) is 20.5. The molecule has 2 aliphatic heterocycles. The first kappa shape index (κ1) is 19.1. The lowest BCUT2D eigenvalue weighted by Gasteiger charge is -2.27. The lowest BCUT2D eigenvalue weighted by molar-refractivity contribution is -0.121. The van der Waals surface area contributed by atoms with Gasteiger partial charge in [-0.1, -0.05) is 23.7 Å². The Hall–Kier alpha value is -3.19. The molecule has 1 unspecified atom stereocenters. The van der Waals surface area contributed by atoms with Crippen molar-refractivity contribution in [3.63, 3.8) is 0 Å². The van der Waals surface area contributed by atoms with Crippen molar-refractivity contribution in [1.82, 2.24) is 10.6 Å². The Bertz CT molecular complexity index is 1030. The first-order valence-electron chi connectivity index (χ1n) is 9.08. The van der Waals surface area contributed by atoms with Crippen LogP contribution < -0.4 is 20.1 Å². The van der Waals surface area contributed by atoms with Crippen LogP contribution in [0.4, 0.5) is 0 Å². The Morgan fingerprint density at radius 2 is 2.03 bits per heavy atom. The van der Waals surface area contributed by atoms with E-state index in [0.717, 1.165) is 5.56 Å². The van der Waals surface area contributed by atoms with Gasteiger partial charge in [0.2, 0.25) is 18.6 Å². The Morgan fingerprint density at radius 3 is 2.83 bits per heavy atom. The topological polar surface area (TPSA) is 96.9 Å². The number of ether oxygens (including phenoxy) is 2. The number of allylic oxidation sites excluding steroid dienone is 1. The summed E-state index contributed by atoms with van der Waals surface area (Å²) in [6, 6.07) is 10.2. The average Bonchev–Trinajstić information content (AvgIpc) is 3.15. The largest absolute Gasteiger partial charge is 0.506 e. The number of amides is 2. The van der Waals surface area contributed by atoms with Gasteiger partial charge in [-0.15, -0.1) is 0 Å². The molecule has 2 aromatic rings. The average molecular weight is 415 g/mol. The summed E-state index contributed by atoms with van der Waals surface area (Å²) in [6.07, 6.45) is 0.116. The zero-order valence-electron chi connectivity index (χ0n) is 15.6. The minimum absolute atomic E-state index is 0.0508. The first-order chi connectivity index (χ1) is 13.9. The van der Waals surface area contributed by atoms with Crippen LogP contribution in [-0.4, -0.2) is 23.7 Å². The summed E-state index contributed by atoms with van der Waals surface area (Å²) in [5.41, 5.74) is 2.52. The number of aromatic hydroxyl groups is 1. The molecular formula is C21H19ClN2O5. The third kappa shape index (κ3) is 3.86. The molecule has 4 rings (SSSR count). The third-order valence-electron chi connectivity index (χ3n) is 4.98. The highest BCUT2D eigenvalue weighted by molar-refractivity contribution is 6.32. The summed E-state index contributed by atoms with van der Waals surface area (Å²) in [5.74, 6) is 0.355. The fourth-order valence-electron chi connectivity index (χ4n) is 3.56. The van der Waals surface area contributed by atoms with Crippen LogP contribution in [0.25, 0.3) is 0 Å². The number of fused-ring (bicyclic) bond motifs is 1. The molecule has 150 valence electrons. The molecule has 0 saturated heterocycles. The van der Waals surface area contributed by atoms with Crippen molar-refractivity contribution < 1.29 is 24.2 Å². The Balaban J connectivity index is 1.56. The highest BCUT2D eigenvalue weighted by Gasteiger charge is 2.32. The van der Waals surface area contributed by atoms with E-state index in [9.17, 15) is 14.7 Å². The van der Waals surface area contributed by atoms with Gasteiger partial charge in [-0.2, -0.15) is 0 Å². The van der Waals surface area contributed by atoms with Gasteiger partial charge < -0.3 is 25.2 Å². The molecule has 2 amide bonds. The van der Waals surface area contributed by atoms with Gasteiger partial charge in [0.15, 0.2) is 11.5 Å². The van der Waals surface area contributed by atoms with Crippen LogP contribution >= 0.6 is 11.6 Å². The number of hydrogen-bond acceptors (Lipinski definition) is 5. The molecule has 0 saturated carbocycles. The van der Waals surface area contributed by atoms with Crippen LogP contribution in [0.5, 0.6) is 17.2 Å². The summed E-state index contributed by atoms with van der Waals surface area (Å²) in [5, 5.41) is 15.5. The quantitative estimate of drug-likeness (QED) is 0.714. The van der Waals surface area contributed by atoms with Crippen molar-refractivity contribution >= 4 is 23.4 Å². The molecule has 0 aliphatic carbocycles. The van der Waals surface area contributed by atoms with E-state index >= 15 is 0 Å². The fourth-order valence-corrected chi connectivity index (χ4v) is 3.75. The smallest absolute Gasteiger partial charge is 0.249 e. The molecule has 1 atom stereocenters. The summed E-state index contributed by atoms with van der Waals surface area (Å²) >= 11 is 6.03. The molecule has 3 N–H and O–H groups in total. The molecule has 0 radical (unpaired) electrons. The minimum atomic E-state index is -0.460.